The molecule has 0 spiro atoms. The first-order valence-electron chi connectivity index (χ1n) is 6.21. The first-order valence-corrected chi connectivity index (χ1v) is 6.21. The number of rotatable bonds is 7. The van der Waals surface area contributed by atoms with Gasteiger partial charge in [0.2, 0.25) is 0 Å². The molecule has 1 aliphatic carbocycles. The minimum atomic E-state index is -0.934. The van der Waals surface area contributed by atoms with Crippen molar-refractivity contribution in [3.63, 3.8) is 0 Å². The number of urea groups is 1. The Labute approximate surface area is 107 Å². The van der Waals surface area contributed by atoms with Crippen LogP contribution in [0.5, 0.6) is 0 Å². The maximum absolute atomic E-state index is 11.8. The van der Waals surface area contributed by atoms with Crippen molar-refractivity contribution in [3.05, 3.63) is 0 Å². The second-order valence-electron chi connectivity index (χ2n) is 4.83. The standard InChI is InChI=1S/C12H22N2O4/c1-8(9-4-5-9)14(2)12(17)13-7-10(18-3)6-11(15)16/h8-10H,4-7H2,1-3H3,(H,13,17)(H,15,16). The SMILES string of the molecule is COC(CNC(=O)N(C)C(C)C1CC1)CC(=O)O. The van der Waals surface area contributed by atoms with Crippen molar-refractivity contribution in [1.82, 2.24) is 10.2 Å². The summed E-state index contributed by atoms with van der Waals surface area (Å²) in [7, 11) is 3.20. The van der Waals surface area contributed by atoms with Crippen LogP contribution in [-0.4, -0.2) is 54.9 Å². The van der Waals surface area contributed by atoms with Gasteiger partial charge in [-0.3, -0.25) is 4.79 Å². The molecule has 2 unspecified atom stereocenters. The quantitative estimate of drug-likeness (QED) is 0.711. The van der Waals surface area contributed by atoms with Crippen molar-refractivity contribution in [1.29, 1.82) is 0 Å². The predicted octanol–water partition coefficient (Wildman–Crippen LogP) is 0.916. The Morgan fingerprint density at radius 3 is 2.56 bits per heavy atom. The second kappa shape index (κ2) is 6.58. The van der Waals surface area contributed by atoms with E-state index in [1.54, 1.807) is 11.9 Å². The van der Waals surface area contributed by atoms with Crippen molar-refractivity contribution in [2.45, 2.75) is 38.3 Å². The highest BCUT2D eigenvalue weighted by Gasteiger charge is 2.32. The van der Waals surface area contributed by atoms with E-state index in [0.717, 1.165) is 0 Å². The van der Waals surface area contributed by atoms with E-state index in [0.29, 0.717) is 5.92 Å². The number of hydrogen-bond acceptors (Lipinski definition) is 3. The molecule has 0 saturated heterocycles. The lowest BCUT2D eigenvalue weighted by Gasteiger charge is -2.26. The fourth-order valence-electron chi connectivity index (χ4n) is 1.84. The van der Waals surface area contributed by atoms with Crippen LogP contribution in [0.25, 0.3) is 0 Å². The van der Waals surface area contributed by atoms with Crippen LogP contribution in [0, 0.1) is 5.92 Å². The van der Waals surface area contributed by atoms with Crippen LogP contribution in [0.2, 0.25) is 0 Å². The van der Waals surface area contributed by atoms with Crippen molar-refractivity contribution >= 4 is 12.0 Å². The number of amides is 2. The first kappa shape index (κ1) is 14.8. The summed E-state index contributed by atoms with van der Waals surface area (Å²) in [6.07, 6.45) is 1.76. The third-order valence-corrected chi connectivity index (χ3v) is 3.45. The third kappa shape index (κ3) is 4.52. The van der Waals surface area contributed by atoms with Crippen molar-refractivity contribution in [2.24, 2.45) is 5.92 Å². The Bertz CT molecular complexity index is 304. The summed E-state index contributed by atoms with van der Waals surface area (Å²) in [6, 6.07) is 0.0484. The van der Waals surface area contributed by atoms with Gasteiger partial charge in [-0.2, -0.15) is 0 Å². The molecule has 18 heavy (non-hydrogen) atoms. The minimum absolute atomic E-state index is 0.112. The highest BCUT2D eigenvalue weighted by Crippen LogP contribution is 2.34. The van der Waals surface area contributed by atoms with Gasteiger partial charge in [0, 0.05) is 26.7 Å². The Kier molecular flexibility index (Phi) is 5.40. The number of hydrogen-bond donors (Lipinski definition) is 2. The fraction of sp³-hybridized carbons (Fsp3) is 0.833. The van der Waals surface area contributed by atoms with Crippen LogP contribution >= 0.6 is 0 Å². The van der Waals surface area contributed by atoms with Crippen LogP contribution in [0.15, 0.2) is 0 Å². The molecule has 1 fully saturated rings. The van der Waals surface area contributed by atoms with Crippen LogP contribution in [-0.2, 0) is 9.53 Å². The summed E-state index contributed by atoms with van der Waals surface area (Å²) in [5, 5.41) is 11.4. The molecule has 2 amide bonds. The summed E-state index contributed by atoms with van der Waals surface area (Å²) in [5.74, 6) is -0.325. The molecule has 6 heteroatoms. The van der Waals surface area contributed by atoms with Gasteiger partial charge in [-0.15, -0.1) is 0 Å². The number of nitrogens with one attached hydrogen (secondary N) is 1. The smallest absolute Gasteiger partial charge is 0.317 e. The van der Waals surface area contributed by atoms with Gasteiger partial charge in [0.1, 0.15) is 0 Å². The molecule has 0 aliphatic heterocycles. The molecule has 0 aromatic rings. The molecule has 104 valence electrons. The topological polar surface area (TPSA) is 78.9 Å². The minimum Gasteiger partial charge on any atom is -0.481 e. The molecule has 0 aromatic carbocycles. The van der Waals surface area contributed by atoms with Crippen LogP contribution in [0.1, 0.15) is 26.2 Å². The van der Waals surface area contributed by atoms with E-state index in [4.69, 9.17) is 9.84 Å². The summed E-state index contributed by atoms with van der Waals surface area (Å²) in [5.41, 5.74) is 0. The van der Waals surface area contributed by atoms with Gasteiger partial charge in [0.25, 0.3) is 0 Å². The molecule has 6 nitrogen and oxygen atoms in total. The molecule has 1 saturated carbocycles. The predicted molar refractivity (Wildman–Crippen MR) is 66.4 cm³/mol. The Morgan fingerprint density at radius 1 is 1.50 bits per heavy atom. The summed E-state index contributed by atoms with van der Waals surface area (Å²) >= 11 is 0. The Hall–Kier alpha value is -1.30. The van der Waals surface area contributed by atoms with Gasteiger partial charge < -0.3 is 20.1 Å². The largest absolute Gasteiger partial charge is 0.481 e. The zero-order chi connectivity index (χ0) is 13.7. The summed E-state index contributed by atoms with van der Waals surface area (Å²) < 4.78 is 5.00. The molecule has 1 aliphatic rings. The molecule has 1 rings (SSSR count). The van der Waals surface area contributed by atoms with Gasteiger partial charge in [0.15, 0.2) is 0 Å². The Morgan fingerprint density at radius 2 is 2.11 bits per heavy atom. The van der Waals surface area contributed by atoms with E-state index in [-0.39, 0.29) is 25.0 Å². The van der Waals surface area contributed by atoms with Gasteiger partial charge >= 0.3 is 12.0 Å². The number of carbonyl (C=O) groups excluding carboxylic acids is 1. The first-order chi connectivity index (χ1) is 8.45. The van der Waals surface area contributed by atoms with Crippen molar-refractivity contribution < 1.29 is 19.4 Å². The number of carboxylic acid groups (broad SMARTS) is 1. The lowest BCUT2D eigenvalue weighted by Crippen LogP contribution is -2.46. The zero-order valence-electron chi connectivity index (χ0n) is 11.2. The summed E-state index contributed by atoms with van der Waals surface area (Å²) in [6.45, 7) is 2.24. The van der Waals surface area contributed by atoms with E-state index < -0.39 is 12.1 Å². The summed E-state index contributed by atoms with van der Waals surface area (Å²) in [4.78, 5) is 24.1. The molecule has 0 aromatic heterocycles. The van der Waals surface area contributed by atoms with Crippen molar-refractivity contribution in [2.75, 3.05) is 20.7 Å². The van der Waals surface area contributed by atoms with E-state index in [2.05, 4.69) is 5.32 Å². The Balaban J connectivity index is 2.31. The average molecular weight is 258 g/mol. The van der Waals surface area contributed by atoms with Crippen LogP contribution in [0.3, 0.4) is 0 Å². The molecule has 0 bridgehead atoms. The van der Waals surface area contributed by atoms with Gasteiger partial charge in [-0.05, 0) is 25.7 Å². The molecule has 0 heterocycles. The number of methoxy groups -OCH3 is 1. The maximum Gasteiger partial charge on any atom is 0.317 e. The van der Waals surface area contributed by atoms with Gasteiger partial charge in [0.05, 0.1) is 12.5 Å². The number of aliphatic carboxylic acids is 1. The maximum atomic E-state index is 11.8. The molecular weight excluding hydrogens is 236 g/mol. The molecule has 0 radical (unpaired) electrons. The lowest BCUT2D eigenvalue weighted by molar-refractivity contribution is -0.139. The number of nitrogens with zero attached hydrogens (tertiary/aromatic N) is 1. The number of ether oxygens (including phenoxy) is 1. The molecule has 2 N–H and O–H groups in total. The van der Waals surface area contributed by atoms with E-state index in [1.807, 2.05) is 6.92 Å². The van der Waals surface area contributed by atoms with Crippen molar-refractivity contribution in [3.8, 4) is 0 Å². The molecular formula is C12H22N2O4. The van der Waals surface area contributed by atoms with Crippen LogP contribution < -0.4 is 5.32 Å². The lowest BCUT2D eigenvalue weighted by atomic mass is 10.2. The van der Waals surface area contributed by atoms with E-state index in [9.17, 15) is 9.59 Å². The monoisotopic (exact) mass is 258 g/mol. The fourth-order valence-corrected chi connectivity index (χ4v) is 1.84. The third-order valence-electron chi connectivity index (χ3n) is 3.45. The van der Waals surface area contributed by atoms with Gasteiger partial charge in [-0.25, -0.2) is 4.79 Å². The number of carbonyl (C=O) groups is 2. The normalized spacial score (nSPS) is 17.9. The zero-order valence-corrected chi connectivity index (χ0v) is 11.2. The average Bonchev–Trinajstić information content (AvgIpc) is 3.15. The molecule has 2 atom stereocenters. The highest BCUT2D eigenvalue weighted by molar-refractivity contribution is 5.74. The van der Waals surface area contributed by atoms with E-state index in [1.165, 1.54) is 20.0 Å². The highest BCUT2D eigenvalue weighted by atomic mass is 16.5. The second-order valence-corrected chi connectivity index (χ2v) is 4.83. The van der Waals surface area contributed by atoms with Gasteiger partial charge in [-0.1, -0.05) is 0 Å². The number of carboxylic acids is 1. The van der Waals surface area contributed by atoms with Crippen LogP contribution in [0.4, 0.5) is 4.79 Å². The van der Waals surface area contributed by atoms with E-state index >= 15 is 0 Å².